The van der Waals surface area contributed by atoms with E-state index >= 15 is 0 Å². The molecule has 26 heavy (non-hydrogen) atoms. The van der Waals surface area contributed by atoms with E-state index in [9.17, 15) is 17.6 Å². The Balaban J connectivity index is 1.84. The third-order valence-corrected chi connectivity index (χ3v) is 5.78. The van der Waals surface area contributed by atoms with Crippen molar-refractivity contribution in [1.82, 2.24) is 4.72 Å². The highest BCUT2D eigenvalue weighted by Crippen LogP contribution is 2.31. The first-order chi connectivity index (χ1) is 12.3. The molecule has 0 aliphatic carbocycles. The quantitative estimate of drug-likeness (QED) is 0.839. The number of halogens is 2. The summed E-state index contributed by atoms with van der Waals surface area (Å²) in [5, 5.41) is 0.0835. The molecule has 138 valence electrons. The third kappa shape index (κ3) is 3.53. The molecule has 0 saturated carbocycles. The van der Waals surface area contributed by atoms with E-state index < -0.39 is 32.7 Å². The van der Waals surface area contributed by atoms with Crippen molar-refractivity contribution in [3.8, 4) is 5.75 Å². The summed E-state index contributed by atoms with van der Waals surface area (Å²) >= 11 is 5.76. The lowest BCUT2D eigenvalue weighted by Crippen LogP contribution is -2.41. The van der Waals surface area contributed by atoms with Crippen molar-refractivity contribution in [2.24, 2.45) is 0 Å². The third-order valence-electron chi connectivity index (χ3n) is 4.06. The molecule has 1 unspecified atom stereocenters. The number of rotatable bonds is 5. The van der Waals surface area contributed by atoms with Crippen LogP contribution < -0.4 is 14.4 Å². The molecule has 1 N–H and O–H groups in total. The Morgan fingerprint density at radius 1 is 1.27 bits per heavy atom. The van der Waals surface area contributed by atoms with Gasteiger partial charge in [-0.2, -0.15) is 4.72 Å². The van der Waals surface area contributed by atoms with Crippen LogP contribution in [0.1, 0.15) is 6.42 Å². The van der Waals surface area contributed by atoms with Gasteiger partial charge in [0.15, 0.2) is 0 Å². The van der Waals surface area contributed by atoms with Crippen molar-refractivity contribution in [2.45, 2.75) is 17.4 Å². The van der Waals surface area contributed by atoms with Crippen molar-refractivity contribution in [3.05, 3.63) is 53.3 Å². The SMILES string of the molecule is COc1ccccc1N1CCC(NS(=O)(=O)c2cc(Cl)ccc2F)C1=O. The van der Waals surface area contributed by atoms with Gasteiger partial charge in [0.05, 0.1) is 12.8 Å². The summed E-state index contributed by atoms with van der Waals surface area (Å²) in [6, 6.07) is 9.18. The number of sulfonamides is 1. The number of methoxy groups -OCH3 is 1. The minimum atomic E-state index is -4.24. The number of hydrogen-bond acceptors (Lipinski definition) is 4. The summed E-state index contributed by atoms with van der Waals surface area (Å²) in [6.45, 7) is 0.310. The van der Waals surface area contributed by atoms with Gasteiger partial charge in [-0.1, -0.05) is 23.7 Å². The van der Waals surface area contributed by atoms with Gasteiger partial charge in [-0.25, -0.2) is 12.8 Å². The molecule has 0 bridgehead atoms. The summed E-state index contributed by atoms with van der Waals surface area (Å²) < 4.78 is 46.3. The standard InChI is InChI=1S/C17H16ClFN2O4S/c1-25-15-5-3-2-4-14(15)21-9-8-13(17(21)22)20-26(23,24)16-10-11(18)6-7-12(16)19/h2-7,10,13,20H,8-9H2,1H3. The first kappa shape index (κ1) is 18.6. The van der Waals surface area contributed by atoms with Crippen LogP contribution >= 0.6 is 11.6 Å². The minimum absolute atomic E-state index is 0.0835. The molecular formula is C17H16ClFN2O4S. The Morgan fingerprint density at radius 2 is 2.00 bits per heavy atom. The number of carbonyl (C=O) groups excluding carboxylic acids is 1. The highest BCUT2D eigenvalue weighted by Gasteiger charge is 2.37. The normalized spacial score (nSPS) is 17.6. The second-order valence-corrected chi connectivity index (χ2v) is 7.82. The lowest BCUT2D eigenvalue weighted by Gasteiger charge is -2.19. The predicted molar refractivity (Wildman–Crippen MR) is 95.5 cm³/mol. The van der Waals surface area contributed by atoms with Gasteiger partial charge in [-0.15, -0.1) is 0 Å². The number of amides is 1. The van der Waals surface area contributed by atoms with Gasteiger partial charge in [0.2, 0.25) is 15.9 Å². The van der Waals surface area contributed by atoms with Gasteiger partial charge < -0.3 is 9.64 Å². The smallest absolute Gasteiger partial charge is 0.245 e. The Hall–Kier alpha value is -2.16. The first-order valence-electron chi connectivity index (χ1n) is 7.75. The van der Waals surface area contributed by atoms with Crippen LogP contribution in [0, 0.1) is 5.82 Å². The summed E-state index contributed by atoms with van der Waals surface area (Å²) in [7, 11) is -2.75. The zero-order valence-corrected chi connectivity index (χ0v) is 15.3. The second-order valence-electron chi connectivity index (χ2n) is 5.70. The minimum Gasteiger partial charge on any atom is -0.495 e. The van der Waals surface area contributed by atoms with E-state index in [-0.39, 0.29) is 11.4 Å². The van der Waals surface area contributed by atoms with E-state index in [2.05, 4.69) is 4.72 Å². The van der Waals surface area contributed by atoms with Crippen LogP contribution in [0.2, 0.25) is 5.02 Å². The second kappa shape index (κ2) is 7.22. The number of nitrogens with one attached hydrogen (secondary N) is 1. The number of hydrogen-bond donors (Lipinski definition) is 1. The molecule has 1 aliphatic rings. The maximum absolute atomic E-state index is 13.9. The van der Waals surface area contributed by atoms with Crippen molar-refractivity contribution in [3.63, 3.8) is 0 Å². The van der Waals surface area contributed by atoms with Crippen LogP contribution in [0.4, 0.5) is 10.1 Å². The van der Waals surface area contributed by atoms with E-state index in [1.807, 2.05) is 0 Å². The average molecular weight is 399 g/mol. The van der Waals surface area contributed by atoms with Crippen LogP contribution in [0.15, 0.2) is 47.4 Å². The lowest BCUT2D eigenvalue weighted by atomic mass is 10.2. The van der Waals surface area contributed by atoms with Gasteiger partial charge in [-0.3, -0.25) is 4.79 Å². The zero-order chi connectivity index (χ0) is 18.9. The van der Waals surface area contributed by atoms with Gasteiger partial charge in [0.25, 0.3) is 0 Å². The monoisotopic (exact) mass is 398 g/mol. The Morgan fingerprint density at radius 3 is 2.73 bits per heavy atom. The maximum Gasteiger partial charge on any atom is 0.245 e. The zero-order valence-electron chi connectivity index (χ0n) is 13.8. The molecular weight excluding hydrogens is 383 g/mol. The molecule has 1 saturated heterocycles. The molecule has 1 aliphatic heterocycles. The molecule has 3 rings (SSSR count). The summed E-state index contributed by atoms with van der Waals surface area (Å²) in [6.07, 6.45) is 0.248. The fourth-order valence-corrected chi connectivity index (χ4v) is 4.38. The van der Waals surface area contributed by atoms with E-state index in [1.54, 1.807) is 24.3 Å². The van der Waals surface area contributed by atoms with Crippen LogP contribution in [-0.2, 0) is 14.8 Å². The number of nitrogens with zero attached hydrogens (tertiary/aromatic N) is 1. The number of para-hydroxylation sites is 2. The molecule has 6 nitrogen and oxygen atoms in total. The van der Waals surface area contributed by atoms with Gasteiger partial charge in [0.1, 0.15) is 22.5 Å². The van der Waals surface area contributed by atoms with Crippen molar-refractivity contribution in [1.29, 1.82) is 0 Å². The van der Waals surface area contributed by atoms with Crippen LogP contribution in [0.25, 0.3) is 0 Å². The summed E-state index contributed by atoms with van der Waals surface area (Å²) in [5.74, 6) is -0.861. The maximum atomic E-state index is 13.9. The lowest BCUT2D eigenvalue weighted by molar-refractivity contribution is -0.118. The fraction of sp³-hybridized carbons (Fsp3) is 0.235. The Kier molecular flexibility index (Phi) is 5.17. The highest BCUT2D eigenvalue weighted by atomic mass is 35.5. The van der Waals surface area contributed by atoms with Crippen LogP contribution in [-0.4, -0.2) is 34.0 Å². The van der Waals surface area contributed by atoms with Crippen LogP contribution in [0.3, 0.4) is 0 Å². The summed E-state index contributed by atoms with van der Waals surface area (Å²) in [4.78, 5) is 13.5. The van der Waals surface area contributed by atoms with Crippen molar-refractivity contribution in [2.75, 3.05) is 18.6 Å². The largest absolute Gasteiger partial charge is 0.495 e. The molecule has 1 heterocycles. The van der Waals surface area contributed by atoms with E-state index in [0.717, 1.165) is 12.1 Å². The molecule has 2 aromatic rings. The fourth-order valence-electron chi connectivity index (χ4n) is 2.82. The predicted octanol–water partition coefficient (Wildman–Crippen LogP) is 2.57. The molecule has 9 heteroatoms. The number of ether oxygens (including phenoxy) is 1. The Bertz CT molecular complexity index is 952. The van der Waals surface area contributed by atoms with E-state index in [0.29, 0.717) is 18.0 Å². The van der Waals surface area contributed by atoms with Crippen molar-refractivity contribution >= 4 is 33.2 Å². The molecule has 0 radical (unpaired) electrons. The highest BCUT2D eigenvalue weighted by molar-refractivity contribution is 7.89. The topological polar surface area (TPSA) is 75.7 Å². The molecule has 1 fully saturated rings. The molecule has 2 aromatic carbocycles. The Labute approximate surface area is 155 Å². The molecule has 1 amide bonds. The van der Waals surface area contributed by atoms with Gasteiger partial charge in [-0.05, 0) is 36.8 Å². The summed E-state index contributed by atoms with van der Waals surface area (Å²) in [5.41, 5.74) is 0.552. The van der Waals surface area contributed by atoms with Crippen molar-refractivity contribution < 1.29 is 22.3 Å². The van der Waals surface area contributed by atoms with Gasteiger partial charge in [0, 0.05) is 11.6 Å². The first-order valence-corrected chi connectivity index (χ1v) is 9.61. The number of carbonyl (C=O) groups is 1. The molecule has 0 spiro atoms. The van der Waals surface area contributed by atoms with Gasteiger partial charge >= 0.3 is 0 Å². The molecule has 0 aromatic heterocycles. The molecule has 1 atom stereocenters. The van der Waals surface area contributed by atoms with E-state index in [4.69, 9.17) is 16.3 Å². The van der Waals surface area contributed by atoms with E-state index in [1.165, 1.54) is 18.1 Å². The average Bonchev–Trinajstić information content (AvgIpc) is 2.96. The van der Waals surface area contributed by atoms with Crippen LogP contribution in [0.5, 0.6) is 5.75 Å². The number of benzene rings is 2. The number of anilines is 1.